The number of halogens is 2. The molecule has 0 bridgehead atoms. The van der Waals surface area contributed by atoms with Gasteiger partial charge in [0.15, 0.2) is 0 Å². The normalized spacial score (nSPS) is 30.1. The molecule has 1 rings (SSSR count). The van der Waals surface area contributed by atoms with Gasteiger partial charge in [0.2, 0.25) is 9.05 Å². The van der Waals surface area contributed by atoms with Crippen LogP contribution in [-0.4, -0.2) is 13.2 Å². The Morgan fingerprint density at radius 1 is 1.67 bits per heavy atom. The fourth-order valence-corrected chi connectivity index (χ4v) is 1.73. The fraction of sp³-hybridized carbons (Fsp3) is 0.429. The van der Waals surface area contributed by atoms with Crippen LogP contribution in [0.5, 0.6) is 0 Å². The molecule has 0 aromatic rings. The van der Waals surface area contributed by atoms with Crippen molar-refractivity contribution >= 4 is 19.7 Å². The third kappa shape index (κ3) is 1.69. The summed E-state index contributed by atoms with van der Waals surface area (Å²) >= 11 is 0. The van der Waals surface area contributed by atoms with Crippen molar-refractivity contribution in [3.05, 3.63) is 24.1 Å². The van der Waals surface area contributed by atoms with Crippen molar-refractivity contribution in [1.82, 2.24) is 0 Å². The lowest BCUT2D eigenvalue weighted by Gasteiger charge is -2.22. The van der Waals surface area contributed by atoms with E-state index in [-0.39, 0.29) is 6.42 Å². The van der Waals surface area contributed by atoms with E-state index in [1.165, 1.54) is 19.1 Å². The first-order valence-electron chi connectivity index (χ1n) is 3.34. The highest BCUT2D eigenvalue weighted by molar-refractivity contribution is 8.14. The fourth-order valence-electron chi connectivity index (χ4n) is 0.873. The molecule has 1 atom stereocenters. The summed E-state index contributed by atoms with van der Waals surface area (Å²) in [5, 5.41) is 0. The van der Waals surface area contributed by atoms with E-state index < -0.39 is 19.6 Å². The van der Waals surface area contributed by atoms with Crippen molar-refractivity contribution in [2.45, 2.75) is 18.1 Å². The summed E-state index contributed by atoms with van der Waals surface area (Å²) in [6.07, 6.45) is 3.68. The minimum atomic E-state index is -3.67. The summed E-state index contributed by atoms with van der Waals surface area (Å²) in [5.41, 5.74) is 0. The van der Waals surface area contributed by atoms with Gasteiger partial charge in [-0.1, -0.05) is 6.08 Å². The van der Waals surface area contributed by atoms with Crippen LogP contribution >= 0.6 is 10.7 Å². The third-order valence-electron chi connectivity index (χ3n) is 1.85. The molecule has 1 aliphatic rings. The Hall–Kier alpha value is -0.350. The van der Waals surface area contributed by atoms with Crippen LogP contribution in [-0.2, 0) is 9.05 Å². The van der Waals surface area contributed by atoms with Gasteiger partial charge < -0.3 is 0 Å². The lowest BCUT2D eigenvalue weighted by atomic mass is 10.0. The van der Waals surface area contributed by atoms with Crippen LogP contribution in [0.4, 0.5) is 4.39 Å². The van der Waals surface area contributed by atoms with Gasteiger partial charge >= 0.3 is 0 Å². The van der Waals surface area contributed by atoms with Gasteiger partial charge in [0.25, 0.3) is 0 Å². The minimum absolute atomic E-state index is 0.0845. The van der Waals surface area contributed by atoms with Gasteiger partial charge in [0.1, 0.15) is 10.6 Å². The molecule has 68 valence electrons. The van der Waals surface area contributed by atoms with Crippen LogP contribution in [0.3, 0.4) is 0 Å². The standard InChI is InChI=1S/C7H8ClFO2S/c1-7(12(8,10)11)4-2-6(9)3-5-7/h2-4H,5H2,1H3. The molecule has 5 heteroatoms. The maximum absolute atomic E-state index is 12.5. The van der Waals surface area contributed by atoms with Crippen LogP contribution in [0, 0.1) is 0 Å². The molecule has 1 aliphatic carbocycles. The van der Waals surface area contributed by atoms with Crippen LogP contribution in [0.2, 0.25) is 0 Å². The summed E-state index contributed by atoms with van der Waals surface area (Å²) in [5.74, 6) is -0.423. The number of rotatable bonds is 1. The molecule has 0 saturated carbocycles. The molecule has 1 unspecified atom stereocenters. The largest absolute Gasteiger partial charge is 0.241 e. The summed E-state index contributed by atoms with van der Waals surface area (Å²) in [6, 6.07) is 0. The zero-order chi connectivity index (χ0) is 9.41. The highest BCUT2D eigenvalue weighted by Gasteiger charge is 2.35. The highest BCUT2D eigenvalue weighted by atomic mass is 35.7. The lowest BCUT2D eigenvalue weighted by Crippen LogP contribution is -2.29. The Bertz CT molecular complexity index is 344. The molecule has 0 saturated heterocycles. The van der Waals surface area contributed by atoms with E-state index in [2.05, 4.69) is 0 Å². The second-order valence-corrected chi connectivity index (χ2v) is 5.90. The first-order valence-corrected chi connectivity index (χ1v) is 5.65. The van der Waals surface area contributed by atoms with E-state index in [1.807, 2.05) is 0 Å². The maximum Gasteiger partial charge on any atom is 0.241 e. The van der Waals surface area contributed by atoms with Crippen molar-refractivity contribution in [2.75, 3.05) is 0 Å². The van der Waals surface area contributed by atoms with E-state index in [9.17, 15) is 12.8 Å². The molecule has 0 spiro atoms. The molecule has 0 radical (unpaired) electrons. The van der Waals surface area contributed by atoms with Crippen LogP contribution < -0.4 is 0 Å². The quantitative estimate of drug-likeness (QED) is 0.622. The molecule has 0 heterocycles. The number of allylic oxidation sites excluding steroid dienone is 3. The van der Waals surface area contributed by atoms with E-state index in [0.29, 0.717) is 0 Å². The first kappa shape index (κ1) is 9.74. The Labute approximate surface area is 75.1 Å². The topological polar surface area (TPSA) is 34.1 Å². The van der Waals surface area contributed by atoms with Crippen molar-refractivity contribution < 1.29 is 12.8 Å². The average Bonchev–Trinajstić information content (AvgIpc) is 1.93. The predicted octanol–water partition coefficient (Wildman–Crippen LogP) is 2.13. The van der Waals surface area contributed by atoms with Gasteiger partial charge in [-0.05, 0) is 25.5 Å². The lowest BCUT2D eigenvalue weighted by molar-refractivity contribution is 0.570. The highest BCUT2D eigenvalue weighted by Crippen LogP contribution is 2.31. The summed E-state index contributed by atoms with van der Waals surface area (Å²) in [4.78, 5) is 0. The smallest absolute Gasteiger partial charge is 0.211 e. The van der Waals surface area contributed by atoms with Crippen LogP contribution in [0.15, 0.2) is 24.1 Å². The molecule has 0 N–H and O–H groups in total. The van der Waals surface area contributed by atoms with Crippen molar-refractivity contribution in [2.24, 2.45) is 0 Å². The van der Waals surface area contributed by atoms with Gasteiger partial charge in [-0.15, -0.1) is 0 Å². The van der Waals surface area contributed by atoms with Crippen LogP contribution in [0.1, 0.15) is 13.3 Å². The van der Waals surface area contributed by atoms with Gasteiger partial charge in [-0.3, -0.25) is 0 Å². The summed E-state index contributed by atoms with van der Waals surface area (Å²) in [7, 11) is 1.50. The number of hydrogen-bond donors (Lipinski definition) is 0. The van der Waals surface area contributed by atoms with Crippen molar-refractivity contribution in [3.63, 3.8) is 0 Å². The van der Waals surface area contributed by atoms with E-state index in [0.717, 1.165) is 6.08 Å². The maximum atomic E-state index is 12.5. The zero-order valence-electron chi connectivity index (χ0n) is 6.42. The van der Waals surface area contributed by atoms with Gasteiger partial charge in [0, 0.05) is 10.7 Å². The van der Waals surface area contributed by atoms with E-state index >= 15 is 0 Å². The van der Waals surface area contributed by atoms with Gasteiger partial charge in [-0.2, -0.15) is 0 Å². The third-order valence-corrected chi connectivity index (χ3v) is 4.33. The molecular formula is C7H8ClFO2S. The molecular weight excluding hydrogens is 203 g/mol. The molecule has 0 aromatic heterocycles. The molecule has 12 heavy (non-hydrogen) atoms. The second kappa shape index (κ2) is 2.85. The Kier molecular flexibility index (Phi) is 2.31. The second-order valence-electron chi connectivity index (χ2n) is 2.88. The Morgan fingerprint density at radius 2 is 2.25 bits per heavy atom. The molecule has 0 aliphatic heterocycles. The van der Waals surface area contributed by atoms with Gasteiger partial charge in [0.05, 0.1) is 0 Å². The van der Waals surface area contributed by atoms with Crippen molar-refractivity contribution in [1.29, 1.82) is 0 Å². The van der Waals surface area contributed by atoms with Gasteiger partial charge in [-0.25, -0.2) is 12.8 Å². The van der Waals surface area contributed by atoms with Crippen molar-refractivity contribution in [3.8, 4) is 0 Å². The van der Waals surface area contributed by atoms with E-state index in [1.54, 1.807) is 0 Å². The minimum Gasteiger partial charge on any atom is -0.211 e. The first-order chi connectivity index (χ1) is 5.35. The Balaban J connectivity index is 3.02. The zero-order valence-corrected chi connectivity index (χ0v) is 7.99. The Morgan fingerprint density at radius 3 is 2.58 bits per heavy atom. The molecule has 0 aromatic carbocycles. The molecule has 0 fully saturated rings. The summed E-state index contributed by atoms with van der Waals surface area (Å²) in [6.45, 7) is 1.45. The SMILES string of the molecule is CC1(S(=O)(=O)Cl)C=CC(F)=CC1. The molecule has 2 nitrogen and oxygen atoms in total. The predicted molar refractivity (Wildman–Crippen MR) is 46.1 cm³/mol. The molecule has 0 amide bonds. The number of hydrogen-bond acceptors (Lipinski definition) is 2. The average molecular weight is 211 g/mol. The van der Waals surface area contributed by atoms with E-state index in [4.69, 9.17) is 10.7 Å². The summed E-state index contributed by atoms with van der Waals surface area (Å²) < 4.78 is 33.2. The van der Waals surface area contributed by atoms with Crippen LogP contribution in [0.25, 0.3) is 0 Å². The monoisotopic (exact) mass is 210 g/mol.